The van der Waals surface area contributed by atoms with Gasteiger partial charge in [0.25, 0.3) is 0 Å². The van der Waals surface area contributed by atoms with Crippen LogP contribution in [0.3, 0.4) is 0 Å². The summed E-state index contributed by atoms with van der Waals surface area (Å²) in [5.74, 6) is 0.805. The number of halogens is 1. The van der Waals surface area contributed by atoms with Crippen molar-refractivity contribution in [1.29, 1.82) is 5.26 Å². The minimum absolute atomic E-state index is 0.267. The molecule has 0 aliphatic carbocycles. The van der Waals surface area contributed by atoms with Gasteiger partial charge >= 0.3 is 0 Å². The number of rotatable bonds is 4. The van der Waals surface area contributed by atoms with Crippen molar-refractivity contribution in [1.82, 2.24) is 9.78 Å². The van der Waals surface area contributed by atoms with Gasteiger partial charge < -0.3 is 4.90 Å². The van der Waals surface area contributed by atoms with E-state index in [0.717, 1.165) is 33.1 Å². The normalized spacial score (nSPS) is 20.6. The van der Waals surface area contributed by atoms with Gasteiger partial charge in [-0.1, -0.05) is 62.4 Å². The molecule has 1 aromatic heterocycles. The van der Waals surface area contributed by atoms with E-state index in [0.29, 0.717) is 13.0 Å². The van der Waals surface area contributed by atoms with Gasteiger partial charge in [0.15, 0.2) is 5.82 Å². The Hall–Kier alpha value is -3.47. The van der Waals surface area contributed by atoms with Gasteiger partial charge in [-0.25, -0.2) is 9.67 Å². The number of aryl methyl sites for hydroxylation is 2. The highest BCUT2D eigenvalue weighted by molar-refractivity contribution is 14.1. The Morgan fingerprint density at radius 3 is 2.40 bits per heavy atom. The van der Waals surface area contributed by atoms with E-state index in [1.807, 2.05) is 10.9 Å². The van der Waals surface area contributed by atoms with E-state index in [2.05, 4.69) is 140 Å². The highest BCUT2D eigenvalue weighted by atomic mass is 127. The van der Waals surface area contributed by atoms with Gasteiger partial charge in [-0.05, 0) is 65.4 Å². The number of fused-ring (bicyclic) bond motifs is 2. The van der Waals surface area contributed by atoms with Crippen molar-refractivity contribution in [3.8, 4) is 6.07 Å². The Kier molecular flexibility index (Phi) is 6.80. The summed E-state index contributed by atoms with van der Waals surface area (Å²) in [5.41, 5.74) is 5.27. The molecule has 2 aliphatic rings. The second kappa shape index (κ2) is 10.2. The van der Waals surface area contributed by atoms with Crippen LogP contribution in [0.5, 0.6) is 0 Å². The summed E-state index contributed by atoms with van der Waals surface area (Å²) in [7, 11) is -0.519. The lowest BCUT2D eigenvalue weighted by molar-refractivity contribution is 0.626. The molecule has 8 heteroatoms. The maximum atomic E-state index is 9.34. The molecule has 200 valence electrons. The highest BCUT2D eigenvalue weighted by Gasteiger charge is 2.47. The quantitative estimate of drug-likeness (QED) is 0.168. The highest BCUT2D eigenvalue weighted by Crippen LogP contribution is 2.64. The van der Waals surface area contributed by atoms with Crippen molar-refractivity contribution in [3.63, 3.8) is 0 Å². The topological polar surface area (TPSA) is 69.6 Å². The van der Waals surface area contributed by atoms with E-state index in [9.17, 15) is 5.26 Å². The van der Waals surface area contributed by atoms with E-state index in [1.165, 1.54) is 20.5 Å². The monoisotopic (exact) mass is 656 g/mol. The van der Waals surface area contributed by atoms with E-state index < -0.39 is 7.05 Å². The van der Waals surface area contributed by atoms with Crippen LogP contribution >= 0.6 is 29.6 Å². The lowest BCUT2D eigenvalue weighted by atomic mass is 9.84. The molecule has 6 nitrogen and oxygen atoms in total. The van der Waals surface area contributed by atoms with Crippen LogP contribution in [-0.4, -0.2) is 23.0 Å². The summed E-state index contributed by atoms with van der Waals surface area (Å²) in [6, 6.07) is 30.0. The molecule has 3 aromatic carbocycles. The van der Waals surface area contributed by atoms with Crippen LogP contribution in [0.4, 0.5) is 17.2 Å². The standard InChI is InChI=1S/C32H30IN6P/c1-22-29-31(39(36-22)20-10-19-34)35-21-28(30-32(2,3)26-13-8-9-14-27(26)38(30)4)40(29,25-11-6-5-7-12-25)37-24-17-15-23(33)16-18-24/h5-9,11-18,21H,10,20H2,1-4H3/b30-28+. The summed E-state index contributed by atoms with van der Waals surface area (Å²) in [4.78, 5) is 7.41. The van der Waals surface area contributed by atoms with Crippen molar-refractivity contribution in [2.45, 2.75) is 39.2 Å². The van der Waals surface area contributed by atoms with Crippen LogP contribution in [0.2, 0.25) is 0 Å². The minimum Gasteiger partial charge on any atom is -0.346 e. The Morgan fingerprint density at radius 2 is 1.70 bits per heavy atom. The van der Waals surface area contributed by atoms with Gasteiger partial charge in [-0.3, -0.25) is 4.74 Å². The molecule has 0 saturated heterocycles. The molecule has 0 saturated carbocycles. The second-order valence-corrected chi connectivity index (χ2v) is 14.8. The molecule has 1 unspecified atom stereocenters. The smallest absolute Gasteiger partial charge is 0.160 e. The molecule has 0 bridgehead atoms. The number of allylic oxidation sites excluding steroid dienone is 2. The Bertz CT molecular complexity index is 1770. The van der Waals surface area contributed by atoms with E-state index in [4.69, 9.17) is 14.8 Å². The maximum absolute atomic E-state index is 9.34. The third kappa shape index (κ3) is 4.08. The zero-order valence-corrected chi connectivity index (χ0v) is 26.1. The summed E-state index contributed by atoms with van der Waals surface area (Å²) in [5, 5.41) is 17.6. The SMILES string of the molecule is Cc1nn(CCC#N)c2c1P(=Nc1ccc(I)cc1)(c1ccccc1)/C(=C1/N(C)c3ccccc3C1(C)C)C=N2. The average molecular weight is 657 g/mol. The first-order chi connectivity index (χ1) is 19.3. The number of aliphatic imine (C=N–C) groups is 1. The Balaban J connectivity index is 1.79. The number of nitriles is 1. The van der Waals surface area contributed by atoms with Crippen molar-refractivity contribution in [3.05, 3.63) is 105 Å². The van der Waals surface area contributed by atoms with Crippen molar-refractivity contribution >= 4 is 63.7 Å². The number of hydrogen-bond donors (Lipinski definition) is 0. The first-order valence-corrected chi connectivity index (χ1v) is 16.1. The van der Waals surface area contributed by atoms with Gasteiger partial charge in [-0.15, -0.1) is 0 Å². The largest absolute Gasteiger partial charge is 0.346 e. The van der Waals surface area contributed by atoms with Crippen molar-refractivity contribution in [2.24, 2.45) is 9.74 Å². The van der Waals surface area contributed by atoms with E-state index in [1.54, 1.807) is 0 Å². The van der Waals surface area contributed by atoms with Gasteiger partial charge in [0, 0.05) is 44.3 Å². The number of anilines is 1. The molecule has 6 rings (SSSR count). The summed E-state index contributed by atoms with van der Waals surface area (Å²) >= 11 is 2.34. The second-order valence-electron chi connectivity index (χ2n) is 10.6. The van der Waals surface area contributed by atoms with Gasteiger partial charge in [0.2, 0.25) is 0 Å². The number of hydrogen-bond acceptors (Lipinski definition) is 5. The van der Waals surface area contributed by atoms with Crippen LogP contribution in [0.1, 0.15) is 31.5 Å². The molecule has 40 heavy (non-hydrogen) atoms. The molecular weight excluding hydrogens is 626 g/mol. The summed E-state index contributed by atoms with van der Waals surface area (Å²) < 4.78 is 8.82. The predicted octanol–water partition coefficient (Wildman–Crippen LogP) is 7.55. The zero-order valence-electron chi connectivity index (χ0n) is 23.0. The Labute approximate surface area is 249 Å². The van der Waals surface area contributed by atoms with Crippen LogP contribution in [-0.2, 0) is 12.0 Å². The van der Waals surface area contributed by atoms with Crippen LogP contribution in [0, 0.1) is 21.8 Å². The van der Waals surface area contributed by atoms with Crippen LogP contribution < -0.4 is 15.5 Å². The first kappa shape index (κ1) is 26.7. The summed E-state index contributed by atoms with van der Waals surface area (Å²) in [6.07, 6.45) is 2.41. The number of aromatic nitrogens is 2. The third-order valence-corrected chi connectivity index (χ3v) is 12.3. The number of likely N-dealkylation sites (N-methyl/N-ethyl adjacent to an activating group) is 1. The molecule has 0 fully saturated rings. The van der Waals surface area contributed by atoms with Gasteiger partial charge in [0.1, 0.15) is 0 Å². The van der Waals surface area contributed by atoms with Crippen LogP contribution in [0.25, 0.3) is 0 Å². The molecule has 3 heterocycles. The molecule has 1 atom stereocenters. The third-order valence-electron chi connectivity index (χ3n) is 7.82. The zero-order chi connectivity index (χ0) is 28.1. The minimum atomic E-state index is -2.68. The average Bonchev–Trinajstić information content (AvgIpc) is 3.39. The molecule has 0 spiro atoms. The molecular formula is C32H30IN6P. The van der Waals surface area contributed by atoms with Crippen molar-refractivity contribution < 1.29 is 0 Å². The number of nitrogens with zero attached hydrogens (tertiary/aromatic N) is 6. The maximum Gasteiger partial charge on any atom is 0.160 e. The van der Waals surface area contributed by atoms with Gasteiger partial charge in [0.05, 0.1) is 42.8 Å². The lowest BCUT2D eigenvalue weighted by Gasteiger charge is -2.35. The first-order valence-electron chi connectivity index (χ1n) is 13.3. The molecule has 0 radical (unpaired) electrons. The summed E-state index contributed by atoms with van der Waals surface area (Å²) in [6.45, 7) is 7.15. The molecule has 2 aliphatic heterocycles. The molecule has 0 amide bonds. The fraction of sp³-hybridized carbons (Fsp3) is 0.219. The fourth-order valence-corrected chi connectivity index (χ4v) is 10.6. The van der Waals surface area contributed by atoms with E-state index >= 15 is 0 Å². The van der Waals surface area contributed by atoms with Crippen molar-refractivity contribution in [2.75, 3.05) is 11.9 Å². The van der Waals surface area contributed by atoms with Crippen LogP contribution in [0.15, 0.2) is 99.6 Å². The number of para-hydroxylation sites is 1. The lowest BCUT2D eigenvalue weighted by Crippen LogP contribution is -2.30. The molecule has 0 N–H and O–H groups in total. The van der Waals surface area contributed by atoms with Gasteiger partial charge in [-0.2, -0.15) is 10.4 Å². The molecule has 4 aromatic rings. The van der Waals surface area contributed by atoms with E-state index in [-0.39, 0.29) is 5.41 Å². The Morgan fingerprint density at radius 1 is 1.00 bits per heavy atom. The predicted molar refractivity (Wildman–Crippen MR) is 174 cm³/mol. The number of benzene rings is 3. The fourth-order valence-electron chi connectivity index (χ4n) is 6.13.